The van der Waals surface area contributed by atoms with Gasteiger partial charge in [0.05, 0.1) is 6.10 Å². The zero-order valence-corrected chi connectivity index (χ0v) is 20.7. The van der Waals surface area contributed by atoms with Gasteiger partial charge in [-0.15, -0.1) is 0 Å². The maximum Gasteiger partial charge on any atom is 0.0790 e. The summed E-state index contributed by atoms with van der Waals surface area (Å²) < 4.78 is 0. The monoisotopic (exact) mass is 433 g/mol. The largest absolute Gasteiger partial charge is 0.388 e. The summed E-state index contributed by atoms with van der Waals surface area (Å²) in [5.41, 5.74) is 6.42. The van der Waals surface area contributed by atoms with E-state index in [2.05, 4.69) is 51.2 Å². The molecular formula is C30H43NO. The smallest absolute Gasteiger partial charge is 0.0790 e. The van der Waals surface area contributed by atoms with Gasteiger partial charge in [-0.25, -0.2) is 0 Å². The Labute approximate surface area is 195 Å². The molecule has 0 aliphatic heterocycles. The van der Waals surface area contributed by atoms with Crippen LogP contribution in [0.5, 0.6) is 0 Å². The highest BCUT2D eigenvalue weighted by Gasteiger charge is 2.51. The lowest BCUT2D eigenvalue weighted by Gasteiger charge is -2.55. The molecule has 4 atom stereocenters. The van der Waals surface area contributed by atoms with Gasteiger partial charge in [-0.2, -0.15) is 0 Å². The van der Waals surface area contributed by atoms with E-state index in [1.165, 1.54) is 37.7 Å². The molecule has 4 rings (SSSR count). The van der Waals surface area contributed by atoms with Gasteiger partial charge in [-0.3, -0.25) is 0 Å². The van der Waals surface area contributed by atoms with Gasteiger partial charge in [0.15, 0.2) is 0 Å². The van der Waals surface area contributed by atoms with Gasteiger partial charge in [-0.1, -0.05) is 82.6 Å². The molecule has 0 spiro atoms. The Morgan fingerprint density at radius 1 is 1.03 bits per heavy atom. The molecule has 1 unspecified atom stereocenters. The van der Waals surface area contributed by atoms with Crippen LogP contribution in [0.4, 0.5) is 0 Å². The molecule has 2 nitrogen and oxygen atoms in total. The number of aliphatic hydroxyl groups excluding tert-OH is 1. The predicted molar refractivity (Wildman–Crippen MR) is 135 cm³/mol. The van der Waals surface area contributed by atoms with E-state index in [1.807, 2.05) is 30.3 Å². The molecule has 2 aromatic carbocycles. The van der Waals surface area contributed by atoms with Crippen LogP contribution in [-0.4, -0.2) is 18.2 Å². The normalized spacial score (nSPS) is 28.2. The summed E-state index contributed by atoms with van der Waals surface area (Å²) in [7, 11) is 0. The summed E-state index contributed by atoms with van der Waals surface area (Å²) >= 11 is 0. The second-order valence-corrected chi connectivity index (χ2v) is 11.3. The summed E-state index contributed by atoms with van der Waals surface area (Å²) in [5.74, 6) is 1.34. The third-order valence-electron chi connectivity index (χ3n) is 8.71. The molecule has 0 saturated heterocycles. The summed E-state index contributed by atoms with van der Waals surface area (Å²) in [6.07, 6.45) is 8.00. The van der Waals surface area contributed by atoms with E-state index in [-0.39, 0.29) is 6.10 Å². The first-order chi connectivity index (χ1) is 15.3. The zero-order valence-electron chi connectivity index (χ0n) is 20.7. The number of aryl methyl sites for hydroxylation is 1. The molecule has 2 aliphatic rings. The van der Waals surface area contributed by atoms with Crippen molar-refractivity contribution in [2.24, 2.45) is 11.3 Å². The number of rotatable bonds is 8. The standard InChI is InChI=1S/C30H43NO/c1-22(2)24-13-15-26-25(20-24)14-16-28-29(3,17-9-18-30(26,28)4)21-31-19-8-12-27(32)23-10-6-5-7-11-23/h5-7,10-11,13,15,20,22,27-28,31-32H,8-9,12,14,16-19,21H2,1-4H3/t27?,28-,29-,30+/m0/s1. The molecule has 0 radical (unpaired) electrons. The van der Waals surface area contributed by atoms with Crippen LogP contribution in [0.25, 0.3) is 0 Å². The molecule has 2 heteroatoms. The fraction of sp³-hybridized carbons (Fsp3) is 0.600. The van der Waals surface area contributed by atoms with Crippen LogP contribution in [0.3, 0.4) is 0 Å². The lowest BCUT2D eigenvalue weighted by molar-refractivity contribution is 0.0258. The molecule has 0 bridgehead atoms. The zero-order chi connectivity index (χ0) is 22.8. The fourth-order valence-corrected chi connectivity index (χ4v) is 6.85. The summed E-state index contributed by atoms with van der Waals surface area (Å²) in [5, 5.41) is 14.2. The molecule has 2 aliphatic carbocycles. The Hall–Kier alpha value is -1.64. The first-order valence-electron chi connectivity index (χ1n) is 12.9. The minimum Gasteiger partial charge on any atom is -0.388 e. The Morgan fingerprint density at radius 2 is 1.81 bits per heavy atom. The lowest BCUT2D eigenvalue weighted by Crippen LogP contribution is -2.52. The van der Waals surface area contributed by atoms with Crippen molar-refractivity contribution in [3.05, 3.63) is 70.8 Å². The van der Waals surface area contributed by atoms with Crippen molar-refractivity contribution in [1.82, 2.24) is 5.32 Å². The topological polar surface area (TPSA) is 32.3 Å². The van der Waals surface area contributed by atoms with Crippen molar-refractivity contribution in [1.29, 1.82) is 0 Å². The molecule has 0 aromatic heterocycles. The second kappa shape index (κ2) is 9.69. The fourth-order valence-electron chi connectivity index (χ4n) is 6.85. The van der Waals surface area contributed by atoms with E-state index in [1.54, 1.807) is 11.1 Å². The number of aliphatic hydroxyl groups is 1. The second-order valence-electron chi connectivity index (χ2n) is 11.3. The molecule has 2 N–H and O–H groups in total. The number of benzene rings is 2. The third-order valence-corrected chi connectivity index (χ3v) is 8.71. The molecule has 1 saturated carbocycles. The van der Waals surface area contributed by atoms with Crippen molar-refractivity contribution in [3.63, 3.8) is 0 Å². The minimum absolute atomic E-state index is 0.307. The lowest BCUT2D eigenvalue weighted by atomic mass is 9.49. The predicted octanol–water partition coefficient (Wildman–Crippen LogP) is 6.92. The highest BCUT2D eigenvalue weighted by Crippen LogP contribution is 2.57. The number of hydrogen-bond acceptors (Lipinski definition) is 2. The van der Waals surface area contributed by atoms with E-state index < -0.39 is 0 Å². The van der Waals surface area contributed by atoms with Gasteiger partial charge in [-0.05, 0) is 90.0 Å². The summed E-state index contributed by atoms with van der Waals surface area (Å²) in [6, 6.07) is 17.4. The Balaban J connectivity index is 1.37. The van der Waals surface area contributed by atoms with Crippen LogP contribution < -0.4 is 5.32 Å². The molecular weight excluding hydrogens is 390 g/mol. The Bertz CT molecular complexity index is 891. The number of fused-ring (bicyclic) bond motifs is 3. The summed E-state index contributed by atoms with van der Waals surface area (Å²) in [6.45, 7) is 11.8. The number of nitrogens with one attached hydrogen (secondary N) is 1. The third kappa shape index (κ3) is 4.68. The van der Waals surface area contributed by atoms with Gasteiger partial charge in [0.25, 0.3) is 0 Å². The van der Waals surface area contributed by atoms with Gasteiger partial charge < -0.3 is 10.4 Å². The SMILES string of the molecule is CC(C)c1ccc2c(c1)CC[C@H]1[C@](C)(CNCCCC(O)c3ccccc3)CCC[C@]21C. The summed E-state index contributed by atoms with van der Waals surface area (Å²) in [4.78, 5) is 0. The van der Waals surface area contributed by atoms with Gasteiger partial charge >= 0.3 is 0 Å². The number of hydrogen-bond donors (Lipinski definition) is 2. The Morgan fingerprint density at radius 3 is 2.56 bits per heavy atom. The van der Waals surface area contributed by atoms with E-state index in [0.717, 1.165) is 37.4 Å². The van der Waals surface area contributed by atoms with Gasteiger partial charge in [0, 0.05) is 6.54 Å². The van der Waals surface area contributed by atoms with Crippen molar-refractivity contribution in [3.8, 4) is 0 Å². The van der Waals surface area contributed by atoms with E-state index in [4.69, 9.17) is 0 Å². The van der Waals surface area contributed by atoms with Crippen molar-refractivity contribution in [2.75, 3.05) is 13.1 Å². The molecule has 0 amide bonds. The molecule has 2 aromatic rings. The molecule has 174 valence electrons. The van der Waals surface area contributed by atoms with Crippen LogP contribution >= 0.6 is 0 Å². The van der Waals surface area contributed by atoms with Crippen LogP contribution in [-0.2, 0) is 11.8 Å². The maximum absolute atomic E-state index is 10.4. The Kier molecular flexibility index (Phi) is 7.12. The molecule has 1 fully saturated rings. The van der Waals surface area contributed by atoms with Crippen LogP contribution in [0.1, 0.15) is 100 Å². The van der Waals surface area contributed by atoms with Crippen molar-refractivity contribution >= 4 is 0 Å². The van der Waals surface area contributed by atoms with Gasteiger partial charge in [0.1, 0.15) is 0 Å². The van der Waals surface area contributed by atoms with Crippen molar-refractivity contribution in [2.45, 2.75) is 90.1 Å². The molecule has 0 heterocycles. The average molecular weight is 434 g/mol. The quantitative estimate of drug-likeness (QED) is 0.443. The van der Waals surface area contributed by atoms with E-state index >= 15 is 0 Å². The van der Waals surface area contributed by atoms with Crippen LogP contribution in [0, 0.1) is 11.3 Å². The molecule has 32 heavy (non-hydrogen) atoms. The first-order valence-corrected chi connectivity index (χ1v) is 12.9. The van der Waals surface area contributed by atoms with Crippen LogP contribution in [0.15, 0.2) is 48.5 Å². The average Bonchev–Trinajstić information content (AvgIpc) is 2.79. The maximum atomic E-state index is 10.4. The van der Waals surface area contributed by atoms with Crippen molar-refractivity contribution < 1.29 is 5.11 Å². The van der Waals surface area contributed by atoms with Crippen LogP contribution in [0.2, 0.25) is 0 Å². The highest BCUT2D eigenvalue weighted by molar-refractivity contribution is 5.42. The van der Waals surface area contributed by atoms with E-state index in [0.29, 0.717) is 16.7 Å². The van der Waals surface area contributed by atoms with Gasteiger partial charge in [0.2, 0.25) is 0 Å². The minimum atomic E-state index is -0.350. The van der Waals surface area contributed by atoms with E-state index in [9.17, 15) is 5.11 Å². The first kappa shape index (κ1) is 23.5. The highest BCUT2D eigenvalue weighted by atomic mass is 16.3.